The molecule has 0 spiro atoms. The fourth-order valence-corrected chi connectivity index (χ4v) is 2.03. The monoisotopic (exact) mass is 264 g/mol. The van der Waals surface area contributed by atoms with E-state index in [1.807, 2.05) is 0 Å². The Morgan fingerprint density at radius 2 is 2.12 bits per heavy atom. The topological polar surface area (TPSA) is 64.4 Å². The molecule has 1 aliphatic rings. The molecular formula is C12H25ClN2O2. The van der Waals surface area contributed by atoms with Crippen LogP contribution in [-0.2, 0) is 9.53 Å². The number of carbonyl (C=O) groups is 1. The summed E-state index contributed by atoms with van der Waals surface area (Å²) in [7, 11) is 0. The molecule has 0 aromatic carbocycles. The van der Waals surface area contributed by atoms with Crippen LogP contribution in [0.15, 0.2) is 0 Å². The zero-order valence-corrected chi connectivity index (χ0v) is 11.8. The first-order chi connectivity index (χ1) is 7.49. The number of hydrogen-bond acceptors (Lipinski definition) is 3. The van der Waals surface area contributed by atoms with Gasteiger partial charge in [0.2, 0.25) is 5.91 Å². The van der Waals surface area contributed by atoms with Gasteiger partial charge >= 0.3 is 0 Å². The molecular weight excluding hydrogens is 240 g/mol. The molecule has 102 valence electrons. The van der Waals surface area contributed by atoms with Gasteiger partial charge in [-0.25, -0.2) is 0 Å². The highest BCUT2D eigenvalue weighted by molar-refractivity contribution is 5.85. The largest absolute Gasteiger partial charge is 0.378 e. The van der Waals surface area contributed by atoms with Crippen LogP contribution in [0, 0.1) is 5.92 Å². The Bertz CT molecular complexity index is 235. The Morgan fingerprint density at radius 3 is 2.65 bits per heavy atom. The zero-order chi connectivity index (χ0) is 12.1. The molecule has 4 nitrogen and oxygen atoms in total. The van der Waals surface area contributed by atoms with Crippen LogP contribution in [-0.4, -0.2) is 30.7 Å². The van der Waals surface area contributed by atoms with Gasteiger partial charge in [-0.05, 0) is 32.1 Å². The lowest BCUT2D eigenvalue weighted by Gasteiger charge is -2.31. The van der Waals surface area contributed by atoms with Crippen LogP contribution in [0.1, 0.15) is 40.0 Å². The third-order valence-corrected chi connectivity index (χ3v) is 2.86. The summed E-state index contributed by atoms with van der Waals surface area (Å²) in [6.07, 6.45) is 3.15. The molecule has 1 aliphatic heterocycles. The van der Waals surface area contributed by atoms with Gasteiger partial charge in [0.1, 0.15) is 0 Å². The van der Waals surface area contributed by atoms with Crippen LogP contribution in [0.5, 0.6) is 0 Å². The van der Waals surface area contributed by atoms with Crippen molar-refractivity contribution in [3.05, 3.63) is 0 Å². The highest BCUT2D eigenvalue weighted by atomic mass is 35.5. The number of halogens is 1. The normalized spacial score (nSPS) is 26.2. The Labute approximate surface area is 110 Å². The van der Waals surface area contributed by atoms with E-state index in [4.69, 9.17) is 10.5 Å². The van der Waals surface area contributed by atoms with Crippen LogP contribution in [0.25, 0.3) is 0 Å². The third-order valence-electron chi connectivity index (χ3n) is 2.86. The summed E-state index contributed by atoms with van der Waals surface area (Å²) in [6, 6.07) is -0.192. The summed E-state index contributed by atoms with van der Waals surface area (Å²) in [4.78, 5) is 11.5. The van der Waals surface area contributed by atoms with Gasteiger partial charge in [-0.2, -0.15) is 0 Å². The number of ether oxygens (including phenoxy) is 1. The second-order valence-corrected chi connectivity index (χ2v) is 5.14. The Kier molecular flexibility index (Phi) is 7.75. The summed E-state index contributed by atoms with van der Waals surface area (Å²) in [5.41, 5.74) is 5.53. The second kappa shape index (κ2) is 7.90. The van der Waals surface area contributed by atoms with Gasteiger partial charge in [-0.1, -0.05) is 13.8 Å². The highest BCUT2D eigenvalue weighted by Crippen LogP contribution is 2.20. The summed E-state index contributed by atoms with van der Waals surface area (Å²) >= 11 is 0. The quantitative estimate of drug-likeness (QED) is 0.808. The molecule has 1 saturated heterocycles. The van der Waals surface area contributed by atoms with E-state index in [1.165, 1.54) is 0 Å². The van der Waals surface area contributed by atoms with Crippen LogP contribution in [0.4, 0.5) is 0 Å². The van der Waals surface area contributed by atoms with Crippen molar-refractivity contribution in [1.29, 1.82) is 0 Å². The SMILES string of the molecule is CC(C)CC1CC(NC(=O)C(C)N)CCO1.Cl. The van der Waals surface area contributed by atoms with Crippen LogP contribution in [0.2, 0.25) is 0 Å². The molecule has 1 rings (SSSR count). The number of rotatable bonds is 4. The molecule has 0 saturated carbocycles. The molecule has 0 aliphatic carbocycles. The number of amides is 1. The molecule has 17 heavy (non-hydrogen) atoms. The molecule has 0 bridgehead atoms. The third kappa shape index (κ3) is 6.24. The van der Waals surface area contributed by atoms with Gasteiger partial charge in [-0.15, -0.1) is 12.4 Å². The Hall–Kier alpha value is -0.320. The van der Waals surface area contributed by atoms with Gasteiger partial charge in [0, 0.05) is 12.6 Å². The molecule has 0 radical (unpaired) electrons. The molecule has 3 N–H and O–H groups in total. The molecule has 1 heterocycles. The molecule has 1 amide bonds. The molecule has 0 aromatic rings. The van der Waals surface area contributed by atoms with Gasteiger partial charge in [0.15, 0.2) is 0 Å². The summed E-state index contributed by atoms with van der Waals surface area (Å²) in [6.45, 7) is 6.82. The summed E-state index contributed by atoms with van der Waals surface area (Å²) in [5, 5.41) is 2.98. The predicted octanol–water partition coefficient (Wildman–Crippen LogP) is 1.47. The number of nitrogens with two attached hydrogens (primary N) is 1. The van der Waals surface area contributed by atoms with Crippen molar-refractivity contribution in [2.75, 3.05) is 6.61 Å². The smallest absolute Gasteiger partial charge is 0.236 e. The Balaban J connectivity index is 0.00000256. The maximum absolute atomic E-state index is 11.5. The van der Waals surface area contributed by atoms with E-state index in [0.29, 0.717) is 5.92 Å². The first-order valence-corrected chi connectivity index (χ1v) is 6.16. The van der Waals surface area contributed by atoms with Crippen molar-refractivity contribution in [2.45, 2.75) is 58.2 Å². The van der Waals surface area contributed by atoms with Crippen LogP contribution in [0.3, 0.4) is 0 Å². The lowest BCUT2D eigenvalue weighted by Crippen LogP contribution is -2.47. The average Bonchev–Trinajstić information content (AvgIpc) is 2.16. The van der Waals surface area contributed by atoms with E-state index in [1.54, 1.807) is 6.92 Å². The van der Waals surface area contributed by atoms with Crippen LogP contribution >= 0.6 is 12.4 Å². The highest BCUT2D eigenvalue weighted by Gasteiger charge is 2.24. The van der Waals surface area contributed by atoms with E-state index >= 15 is 0 Å². The first-order valence-electron chi connectivity index (χ1n) is 6.16. The second-order valence-electron chi connectivity index (χ2n) is 5.14. The Morgan fingerprint density at radius 1 is 1.47 bits per heavy atom. The first kappa shape index (κ1) is 16.7. The van der Waals surface area contributed by atoms with Crippen molar-refractivity contribution in [2.24, 2.45) is 11.7 Å². The zero-order valence-electron chi connectivity index (χ0n) is 10.9. The summed E-state index contributed by atoms with van der Waals surface area (Å²) in [5.74, 6) is 0.572. The van der Waals surface area contributed by atoms with E-state index in [0.717, 1.165) is 25.9 Å². The predicted molar refractivity (Wildman–Crippen MR) is 71.3 cm³/mol. The molecule has 0 aromatic heterocycles. The van der Waals surface area contributed by atoms with Crippen molar-refractivity contribution in [3.8, 4) is 0 Å². The van der Waals surface area contributed by atoms with Crippen molar-refractivity contribution in [3.63, 3.8) is 0 Å². The van der Waals surface area contributed by atoms with Crippen molar-refractivity contribution < 1.29 is 9.53 Å². The fraction of sp³-hybridized carbons (Fsp3) is 0.917. The lowest BCUT2D eigenvalue weighted by molar-refractivity contribution is -0.123. The lowest BCUT2D eigenvalue weighted by atomic mass is 9.96. The minimum absolute atomic E-state index is 0. The average molecular weight is 265 g/mol. The fourth-order valence-electron chi connectivity index (χ4n) is 2.03. The maximum Gasteiger partial charge on any atom is 0.236 e. The van der Waals surface area contributed by atoms with E-state index in [2.05, 4.69) is 19.2 Å². The van der Waals surface area contributed by atoms with Gasteiger partial charge in [0.05, 0.1) is 12.1 Å². The molecule has 3 atom stereocenters. The number of hydrogen-bond donors (Lipinski definition) is 2. The van der Waals surface area contributed by atoms with E-state index < -0.39 is 6.04 Å². The maximum atomic E-state index is 11.5. The number of carbonyl (C=O) groups excluding carboxylic acids is 1. The van der Waals surface area contributed by atoms with E-state index in [9.17, 15) is 4.79 Å². The van der Waals surface area contributed by atoms with E-state index in [-0.39, 0.29) is 30.5 Å². The van der Waals surface area contributed by atoms with Crippen molar-refractivity contribution >= 4 is 18.3 Å². The van der Waals surface area contributed by atoms with Crippen molar-refractivity contribution in [1.82, 2.24) is 5.32 Å². The molecule has 5 heteroatoms. The standard InChI is InChI=1S/C12H24N2O2.ClH/c1-8(2)6-11-7-10(4-5-16-11)14-12(15)9(3)13;/h8-11H,4-7,13H2,1-3H3,(H,14,15);1H. The van der Waals surface area contributed by atoms with Gasteiger partial charge in [-0.3, -0.25) is 4.79 Å². The molecule has 1 fully saturated rings. The van der Waals surface area contributed by atoms with Gasteiger partial charge < -0.3 is 15.8 Å². The van der Waals surface area contributed by atoms with Gasteiger partial charge in [0.25, 0.3) is 0 Å². The minimum atomic E-state index is -0.425. The minimum Gasteiger partial charge on any atom is -0.378 e. The molecule has 3 unspecified atom stereocenters. The summed E-state index contributed by atoms with van der Waals surface area (Å²) < 4.78 is 5.68. The number of nitrogens with one attached hydrogen (secondary N) is 1. The van der Waals surface area contributed by atoms with Crippen LogP contribution < -0.4 is 11.1 Å².